The van der Waals surface area contributed by atoms with E-state index in [1.165, 1.54) is 334 Å². The zero-order valence-electron chi connectivity index (χ0n) is 51.3. The van der Waals surface area contributed by atoms with Gasteiger partial charge < -0.3 is 20.3 Å². The zero-order valence-corrected chi connectivity index (χ0v) is 51.3. The second-order valence-corrected chi connectivity index (χ2v) is 24.2. The van der Waals surface area contributed by atoms with Crippen LogP contribution in [0.3, 0.4) is 0 Å². The molecule has 0 rings (SSSR count). The summed E-state index contributed by atoms with van der Waals surface area (Å²) in [6, 6.07) is -0.546. The highest BCUT2D eigenvalue weighted by Crippen LogP contribution is 2.19. The molecule has 3 N–H and O–H groups in total. The smallest absolute Gasteiger partial charge is 0.305 e. The first-order chi connectivity index (χ1) is 37.0. The number of ether oxygens (including phenoxy) is 1. The summed E-state index contributed by atoms with van der Waals surface area (Å²) in [7, 11) is 0. The summed E-state index contributed by atoms with van der Waals surface area (Å²) in [4.78, 5) is 24.7. The van der Waals surface area contributed by atoms with Crippen LogP contribution in [0.4, 0.5) is 0 Å². The maximum atomic E-state index is 12.5. The lowest BCUT2D eigenvalue weighted by Gasteiger charge is -2.22. The molecule has 6 heteroatoms. The van der Waals surface area contributed by atoms with Crippen LogP contribution in [0.5, 0.6) is 0 Å². The van der Waals surface area contributed by atoms with Crippen molar-refractivity contribution in [1.29, 1.82) is 0 Å². The average Bonchev–Trinajstić information content (AvgIpc) is 3.41. The van der Waals surface area contributed by atoms with Gasteiger partial charge in [-0.3, -0.25) is 9.59 Å². The van der Waals surface area contributed by atoms with E-state index in [1.807, 2.05) is 0 Å². The highest BCUT2D eigenvalue weighted by molar-refractivity contribution is 5.76. The molecular weight excluding hydrogens is 923 g/mol. The quantitative estimate of drug-likeness (QED) is 0.0417. The van der Waals surface area contributed by atoms with Crippen LogP contribution in [-0.2, 0) is 14.3 Å². The molecule has 0 aliphatic rings. The molecule has 1 amide bonds. The average molecular weight is 1060 g/mol. The first-order valence-corrected chi connectivity index (χ1v) is 34.8. The normalized spacial score (nSPS) is 12.4. The number of esters is 1. The van der Waals surface area contributed by atoms with Gasteiger partial charge in [0.25, 0.3) is 0 Å². The van der Waals surface area contributed by atoms with Crippen molar-refractivity contribution < 1.29 is 24.5 Å². The van der Waals surface area contributed by atoms with Crippen molar-refractivity contribution in [1.82, 2.24) is 5.32 Å². The Morgan fingerprint density at radius 2 is 0.547 bits per heavy atom. The lowest BCUT2D eigenvalue weighted by Crippen LogP contribution is -2.45. The van der Waals surface area contributed by atoms with Crippen molar-refractivity contribution in [3.8, 4) is 0 Å². The van der Waals surface area contributed by atoms with E-state index in [1.54, 1.807) is 0 Å². The van der Waals surface area contributed by atoms with Gasteiger partial charge in [0.15, 0.2) is 0 Å². The monoisotopic (exact) mass is 1060 g/mol. The third-order valence-corrected chi connectivity index (χ3v) is 16.7. The molecule has 0 aliphatic heterocycles. The van der Waals surface area contributed by atoms with Gasteiger partial charge in [0.2, 0.25) is 5.91 Å². The molecule has 0 bridgehead atoms. The van der Waals surface area contributed by atoms with Gasteiger partial charge in [0, 0.05) is 12.8 Å². The molecule has 0 radical (unpaired) electrons. The largest absolute Gasteiger partial charge is 0.466 e. The minimum atomic E-state index is -0.668. The number of unbranched alkanes of at least 4 members (excludes halogenated alkanes) is 55. The fourth-order valence-electron chi connectivity index (χ4n) is 11.4. The summed E-state index contributed by atoms with van der Waals surface area (Å²) in [5.74, 6) is -0.0228. The van der Waals surface area contributed by atoms with Crippen LogP contribution in [0, 0.1) is 0 Å². The molecule has 0 spiro atoms. The predicted molar refractivity (Wildman–Crippen MR) is 329 cm³/mol. The lowest BCUT2D eigenvalue weighted by molar-refractivity contribution is -0.143. The van der Waals surface area contributed by atoms with Crippen LogP contribution in [0.15, 0.2) is 0 Å². The summed E-state index contributed by atoms with van der Waals surface area (Å²) in [5, 5.41) is 23.4. The number of amides is 1. The summed E-state index contributed by atoms with van der Waals surface area (Å²) < 4.78 is 5.51. The van der Waals surface area contributed by atoms with Gasteiger partial charge in [-0.05, 0) is 25.7 Å². The number of carbonyl (C=O) groups is 2. The molecular formula is C69H137NO5. The molecule has 0 aliphatic carbocycles. The molecule has 448 valence electrons. The first kappa shape index (κ1) is 73.9. The van der Waals surface area contributed by atoms with Crippen LogP contribution in [0.25, 0.3) is 0 Å². The number of carbonyl (C=O) groups excluding carboxylic acids is 2. The van der Waals surface area contributed by atoms with Crippen molar-refractivity contribution in [3.63, 3.8) is 0 Å². The molecule has 6 nitrogen and oxygen atoms in total. The van der Waals surface area contributed by atoms with Crippen molar-refractivity contribution in [2.75, 3.05) is 13.2 Å². The van der Waals surface area contributed by atoms with Crippen molar-refractivity contribution in [3.05, 3.63) is 0 Å². The fourth-order valence-corrected chi connectivity index (χ4v) is 11.4. The Balaban J connectivity index is 3.38. The second-order valence-electron chi connectivity index (χ2n) is 24.2. The van der Waals surface area contributed by atoms with E-state index in [9.17, 15) is 19.8 Å². The number of nitrogens with one attached hydrogen (secondary N) is 1. The van der Waals surface area contributed by atoms with E-state index in [0.29, 0.717) is 25.9 Å². The van der Waals surface area contributed by atoms with Gasteiger partial charge in [0.05, 0.1) is 25.4 Å². The van der Waals surface area contributed by atoms with E-state index in [4.69, 9.17) is 4.74 Å². The van der Waals surface area contributed by atoms with Gasteiger partial charge in [-0.2, -0.15) is 0 Å². The second kappa shape index (κ2) is 65.4. The maximum Gasteiger partial charge on any atom is 0.305 e. The van der Waals surface area contributed by atoms with E-state index in [2.05, 4.69) is 19.2 Å². The predicted octanol–water partition coefficient (Wildman–Crippen LogP) is 22.2. The topological polar surface area (TPSA) is 95.9 Å². The maximum absolute atomic E-state index is 12.5. The Morgan fingerprint density at radius 1 is 0.320 bits per heavy atom. The number of hydrogen-bond acceptors (Lipinski definition) is 5. The molecule has 75 heavy (non-hydrogen) atoms. The van der Waals surface area contributed by atoms with Gasteiger partial charge in [-0.15, -0.1) is 0 Å². The van der Waals surface area contributed by atoms with E-state index < -0.39 is 12.1 Å². The zero-order chi connectivity index (χ0) is 54.3. The van der Waals surface area contributed by atoms with E-state index >= 15 is 0 Å². The summed E-state index contributed by atoms with van der Waals surface area (Å²) in [5.41, 5.74) is 0. The highest BCUT2D eigenvalue weighted by atomic mass is 16.5. The lowest BCUT2D eigenvalue weighted by atomic mass is 10.0. The molecule has 0 saturated heterocycles. The molecule has 2 atom stereocenters. The standard InChI is InChI=1S/C69H137NO5/c1-3-5-7-9-11-13-15-17-19-21-23-24-25-26-27-29-33-37-41-45-49-53-57-61-67(72)66(65-71)70-68(73)62-58-54-50-46-42-38-34-30-28-32-36-40-44-48-52-56-60-64-75-69(74)63-59-55-51-47-43-39-35-31-22-20-18-16-14-12-10-8-6-4-2/h66-67,71-72H,3-65H2,1-2H3,(H,70,73). The number of hydrogen-bond donors (Lipinski definition) is 3. The Kier molecular flexibility index (Phi) is 64.4. The van der Waals surface area contributed by atoms with Gasteiger partial charge in [-0.25, -0.2) is 0 Å². The first-order valence-electron chi connectivity index (χ1n) is 34.8. The molecule has 0 fully saturated rings. The number of rotatable bonds is 66. The van der Waals surface area contributed by atoms with Crippen LogP contribution in [0.1, 0.15) is 406 Å². The molecule has 0 aromatic carbocycles. The highest BCUT2D eigenvalue weighted by Gasteiger charge is 2.20. The minimum absolute atomic E-state index is 0.0116. The Bertz CT molecular complexity index is 1080. The minimum Gasteiger partial charge on any atom is -0.466 e. The summed E-state index contributed by atoms with van der Waals surface area (Å²) in [6.45, 7) is 5.00. The Hall–Kier alpha value is -1.14. The van der Waals surface area contributed by atoms with Crippen molar-refractivity contribution in [2.45, 2.75) is 418 Å². The summed E-state index contributed by atoms with van der Waals surface area (Å²) >= 11 is 0. The van der Waals surface area contributed by atoms with Crippen LogP contribution in [0.2, 0.25) is 0 Å². The number of aliphatic hydroxyl groups is 2. The molecule has 2 unspecified atom stereocenters. The molecule has 0 aromatic rings. The number of aliphatic hydroxyl groups excluding tert-OH is 2. The van der Waals surface area contributed by atoms with Crippen molar-refractivity contribution >= 4 is 11.9 Å². The van der Waals surface area contributed by atoms with Gasteiger partial charge in [-0.1, -0.05) is 367 Å². The van der Waals surface area contributed by atoms with E-state index in [-0.39, 0.29) is 18.5 Å². The molecule has 0 saturated carbocycles. The third-order valence-electron chi connectivity index (χ3n) is 16.7. The third kappa shape index (κ3) is 61.9. The van der Waals surface area contributed by atoms with Crippen LogP contribution in [-0.4, -0.2) is 47.4 Å². The van der Waals surface area contributed by atoms with Crippen molar-refractivity contribution in [2.24, 2.45) is 0 Å². The Labute approximate surface area is 470 Å². The van der Waals surface area contributed by atoms with Gasteiger partial charge in [0.1, 0.15) is 0 Å². The fraction of sp³-hybridized carbons (Fsp3) is 0.971. The van der Waals surface area contributed by atoms with Gasteiger partial charge >= 0.3 is 5.97 Å². The van der Waals surface area contributed by atoms with Crippen LogP contribution >= 0.6 is 0 Å². The molecule has 0 heterocycles. The van der Waals surface area contributed by atoms with Crippen LogP contribution < -0.4 is 5.32 Å². The van der Waals surface area contributed by atoms with E-state index in [0.717, 1.165) is 38.5 Å². The SMILES string of the molecule is CCCCCCCCCCCCCCCCCCCCCCCCCC(O)C(CO)NC(=O)CCCCCCCCCCCCCCCCCCCOC(=O)CCCCCCCCCCCCCCCCCCCC. The summed E-state index contributed by atoms with van der Waals surface area (Å²) in [6.07, 6.45) is 78.5. The Morgan fingerprint density at radius 3 is 0.813 bits per heavy atom. The molecule has 0 aromatic heterocycles.